The van der Waals surface area contributed by atoms with E-state index in [4.69, 9.17) is 14.2 Å². The van der Waals surface area contributed by atoms with Crippen molar-refractivity contribution in [3.05, 3.63) is 48.2 Å². The number of rotatable bonds is 3. The first kappa shape index (κ1) is 20.7. The number of pyridine rings is 1. The number of carbonyl (C=O) groups excluding carboxylic acids is 1. The van der Waals surface area contributed by atoms with E-state index in [2.05, 4.69) is 4.98 Å². The molecule has 0 bridgehead atoms. The van der Waals surface area contributed by atoms with E-state index in [0.29, 0.717) is 62.6 Å². The molecular weight excluding hydrogens is 380 g/mol. The summed E-state index contributed by atoms with van der Waals surface area (Å²) in [5.74, 6) is 2.64. The molecule has 6 heteroatoms. The Morgan fingerprint density at radius 3 is 2.73 bits per heavy atom. The Morgan fingerprint density at radius 1 is 1.03 bits per heavy atom. The number of amides is 1. The van der Waals surface area contributed by atoms with Crippen LogP contribution in [0.5, 0.6) is 17.4 Å². The standard InChI is InChI=1S/C24H30N2O4/c27-23(12-11-19-6-1-2-7-19)26-14-15-28-16-17-29-21-9-3-4-10-22(21)30-24-20(18-26)8-5-13-25-24/h3-5,8-10,13,19H,1-2,6-7,11-12,14-18H2. The summed E-state index contributed by atoms with van der Waals surface area (Å²) in [4.78, 5) is 19.3. The third kappa shape index (κ3) is 5.51. The lowest BCUT2D eigenvalue weighted by Crippen LogP contribution is -2.34. The molecule has 1 aliphatic carbocycles. The number of hydrogen-bond acceptors (Lipinski definition) is 5. The van der Waals surface area contributed by atoms with Gasteiger partial charge in [-0.05, 0) is 30.5 Å². The fourth-order valence-electron chi connectivity index (χ4n) is 4.16. The number of nitrogens with zero attached hydrogens (tertiary/aromatic N) is 2. The van der Waals surface area contributed by atoms with Crippen LogP contribution in [-0.2, 0) is 16.1 Å². The Hall–Kier alpha value is -2.60. The maximum absolute atomic E-state index is 13.0. The van der Waals surface area contributed by atoms with Gasteiger partial charge in [-0.1, -0.05) is 43.9 Å². The summed E-state index contributed by atoms with van der Waals surface area (Å²) in [6.07, 6.45) is 8.40. The molecule has 2 aromatic rings. The van der Waals surface area contributed by atoms with Crippen molar-refractivity contribution in [3.63, 3.8) is 0 Å². The lowest BCUT2D eigenvalue weighted by atomic mass is 10.0. The van der Waals surface area contributed by atoms with Gasteiger partial charge in [-0.3, -0.25) is 4.79 Å². The molecule has 6 nitrogen and oxygen atoms in total. The first-order valence-corrected chi connectivity index (χ1v) is 11.0. The summed E-state index contributed by atoms with van der Waals surface area (Å²) >= 11 is 0. The van der Waals surface area contributed by atoms with Gasteiger partial charge in [0.25, 0.3) is 0 Å². The molecule has 2 heterocycles. The second-order valence-corrected chi connectivity index (χ2v) is 7.98. The Balaban J connectivity index is 1.52. The van der Waals surface area contributed by atoms with Gasteiger partial charge in [0.2, 0.25) is 11.8 Å². The Morgan fingerprint density at radius 2 is 1.87 bits per heavy atom. The second-order valence-electron chi connectivity index (χ2n) is 7.98. The van der Waals surface area contributed by atoms with E-state index in [9.17, 15) is 4.79 Å². The van der Waals surface area contributed by atoms with Crippen LogP contribution in [0.2, 0.25) is 0 Å². The molecule has 0 saturated heterocycles. The fraction of sp³-hybridized carbons (Fsp3) is 0.500. The van der Waals surface area contributed by atoms with Gasteiger partial charge in [0.05, 0.1) is 19.8 Å². The van der Waals surface area contributed by atoms with Crippen LogP contribution in [0.25, 0.3) is 0 Å². The summed E-state index contributed by atoms with van der Waals surface area (Å²) in [5.41, 5.74) is 0.876. The number of aromatic nitrogens is 1. The Labute approximate surface area is 178 Å². The molecule has 30 heavy (non-hydrogen) atoms. The minimum absolute atomic E-state index is 0.173. The van der Waals surface area contributed by atoms with Gasteiger partial charge in [0, 0.05) is 24.7 Å². The summed E-state index contributed by atoms with van der Waals surface area (Å²) in [6.45, 7) is 2.37. The zero-order chi connectivity index (χ0) is 20.6. The molecule has 160 valence electrons. The number of benzene rings is 1. The zero-order valence-electron chi connectivity index (χ0n) is 17.4. The Kier molecular flexibility index (Phi) is 7.19. The van der Waals surface area contributed by atoms with E-state index in [1.165, 1.54) is 25.7 Å². The maximum atomic E-state index is 13.0. The molecule has 1 saturated carbocycles. The summed E-state index contributed by atoms with van der Waals surface area (Å²) in [6, 6.07) is 11.4. The second kappa shape index (κ2) is 10.4. The van der Waals surface area contributed by atoms with Crippen LogP contribution in [0.1, 0.15) is 44.1 Å². The van der Waals surface area contributed by atoms with Gasteiger partial charge in [0.15, 0.2) is 11.5 Å². The highest BCUT2D eigenvalue weighted by atomic mass is 16.5. The minimum atomic E-state index is 0.173. The highest BCUT2D eigenvalue weighted by Gasteiger charge is 2.21. The van der Waals surface area contributed by atoms with Gasteiger partial charge in [0.1, 0.15) is 6.61 Å². The van der Waals surface area contributed by atoms with Gasteiger partial charge < -0.3 is 19.1 Å². The maximum Gasteiger partial charge on any atom is 0.224 e. The quantitative estimate of drug-likeness (QED) is 0.741. The van der Waals surface area contributed by atoms with E-state index in [1.54, 1.807) is 6.20 Å². The fourth-order valence-corrected chi connectivity index (χ4v) is 4.16. The SMILES string of the molecule is O=C(CCC1CCCC1)N1CCOCCOc2ccccc2Oc2ncccc2C1. The van der Waals surface area contributed by atoms with Crippen molar-refractivity contribution >= 4 is 5.91 Å². The normalized spacial score (nSPS) is 18.1. The monoisotopic (exact) mass is 410 g/mol. The molecule has 0 spiro atoms. The molecule has 2 aliphatic rings. The molecule has 1 aromatic heterocycles. The lowest BCUT2D eigenvalue weighted by molar-refractivity contribution is -0.133. The highest BCUT2D eigenvalue weighted by molar-refractivity contribution is 5.76. The smallest absolute Gasteiger partial charge is 0.224 e. The number of para-hydroxylation sites is 2. The van der Waals surface area contributed by atoms with Crippen LogP contribution in [0, 0.1) is 5.92 Å². The van der Waals surface area contributed by atoms with Crippen molar-refractivity contribution in [1.82, 2.24) is 9.88 Å². The van der Waals surface area contributed by atoms with Crippen molar-refractivity contribution in [2.24, 2.45) is 5.92 Å². The molecule has 1 amide bonds. The van der Waals surface area contributed by atoms with E-state index in [0.717, 1.165) is 12.0 Å². The first-order chi connectivity index (χ1) is 14.8. The van der Waals surface area contributed by atoms with Crippen molar-refractivity contribution in [1.29, 1.82) is 0 Å². The third-order valence-electron chi connectivity index (χ3n) is 5.85. The topological polar surface area (TPSA) is 60.9 Å². The number of hydrogen-bond donors (Lipinski definition) is 0. The molecule has 0 atom stereocenters. The predicted molar refractivity (Wildman–Crippen MR) is 114 cm³/mol. The first-order valence-electron chi connectivity index (χ1n) is 11.0. The molecular formula is C24H30N2O4. The van der Waals surface area contributed by atoms with E-state index in [-0.39, 0.29) is 5.91 Å². The zero-order valence-corrected chi connectivity index (χ0v) is 17.4. The van der Waals surface area contributed by atoms with E-state index < -0.39 is 0 Å². The summed E-state index contributed by atoms with van der Waals surface area (Å²) < 4.78 is 17.7. The van der Waals surface area contributed by atoms with Crippen molar-refractivity contribution in [2.45, 2.75) is 45.1 Å². The van der Waals surface area contributed by atoms with Crippen LogP contribution < -0.4 is 9.47 Å². The van der Waals surface area contributed by atoms with Crippen molar-refractivity contribution < 1.29 is 19.0 Å². The molecule has 0 unspecified atom stereocenters. The van der Waals surface area contributed by atoms with Crippen LogP contribution in [-0.4, -0.2) is 42.2 Å². The molecule has 1 aliphatic heterocycles. The molecule has 0 N–H and O–H groups in total. The van der Waals surface area contributed by atoms with Crippen molar-refractivity contribution in [2.75, 3.05) is 26.4 Å². The van der Waals surface area contributed by atoms with E-state index >= 15 is 0 Å². The predicted octanol–water partition coefficient (Wildman–Crippen LogP) is 4.58. The lowest BCUT2D eigenvalue weighted by Gasteiger charge is -2.24. The van der Waals surface area contributed by atoms with Gasteiger partial charge >= 0.3 is 0 Å². The number of fused-ring (bicyclic) bond motifs is 2. The van der Waals surface area contributed by atoms with Crippen LogP contribution >= 0.6 is 0 Å². The number of ether oxygens (including phenoxy) is 3. The van der Waals surface area contributed by atoms with Gasteiger partial charge in [-0.25, -0.2) is 4.98 Å². The molecule has 1 fully saturated rings. The largest absolute Gasteiger partial charge is 0.487 e. The van der Waals surface area contributed by atoms with Gasteiger partial charge in [-0.15, -0.1) is 0 Å². The van der Waals surface area contributed by atoms with Gasteiger partial charge in [-0.2, -0.15) is 0 Å². The molecule has 1 aromatic carbocycles. The molecule has 4 rings (SSSR count). The average molecular weight is 411 g/mol. The number of carbonyl (C=O) groups is 1. The molecule has 0 radical (unpaired) electrons. The average Bonchev–Trinajstić information content (AvgIpc) is 3.29. The summed E-state index contributed by atoms with van der Waals surface area (Å²) in [7, 11) is 0. The van der Waals surface area contributed by atoms with Crippen LogP contribution in [0.4, 0.5) is 0 Å². The summed E-state index contributed by atoms with van der Waals surface area (Å²) in [5, 5.41) is 0. The van der Waals surface area contributed by atoms with E-state index in [1.807, 2.05) is 41.3 Å². The van der Waals surface area contributed by atoms with Crippen LogP contribution in [0.15, 0.2) is 42.6 Å². The van der Waals surface area contributed by atoms with Crippen molar-refractivity contribution in [3.8, 4) is 17.4 Å². The van der Waals surface area contributed by atoms with Crippen LogP contribution in [0.3, 0.4) is 0 Å². The third-order valence-corrected chi connectivity index (χ3v) is 5.85. The Bertz CT molecular complexity index is 835. The highest BCUT2D eigenvalue weighted by Crippen LogP contribution is 2.33. The minimum Gasteiger partial charge on any atom is -0.487 e.